The maximum Gasteiger partial charge on any atom is 0.0431 e. The highest BCUT2D eigenvalue weighted by Crippen LogP contribution is 2.28. The molecule has 0 fully saturated rings. The second-order valence-electron chi connectivity index (χ2n) is 5.44. The molecular weight excluding hydrogens is 210 g/mol. The normalized spacial score (nSPS) is 18.5. The number of aryl methyl sites for hydroxylation is 2. The number of aliphatic hydroxyl groups excluding tert-OH is 1. The van der Waals surface area contributed by atoms with Gasteiger partial charge in [-0.2, -0.15) is 0 Å². The van der Waals surface area contributed by atoms with Gasteiger partial charge in [-0.15, -0.1) is 0 Å². The van der Waals surface area contributed by atoms with Crippen molar-refractivity contribution in [1.29, 1.82) is 0 Å². The zero-order chi connectivity index (χ0) is 12.3. The van der Waals surface area contributed by atoms with Crippen LogP contribution in [0.4, 0.5) is 0 Å². The predicted octanol–water partition coefficient (Wildman–Crippen LogP) is 2.51. The van der Waals surface area contributed by atoms with Gasteiger partial charge in [0.05, 0.1) is 0 Å². The van der Waals surface area contributed by atoms with E-state index < -0.39 is 0 Å². The molecular formula is C15H23NO. The van der Waals surface area contributed by atoms with Crippen LogP contribution in [0.1, 0.15) is 49.3 Å². The number of aliphatic hydroxyl groups is 1. The Morgan fingerprint density at radius 3 is 2.65 bits per heavy atom. The standard InChI is InChI=1S/C15H23NO/c1-15(16,9-4-10-17)14-8-7-12-5-2-3-6-13(12)11-14/h7-8,11,17H,2-6,9-10,16H2,1H3. The summed E-state index contributed by atoms with van der Waals surface area (Å²) in [7, 11) is 0. The molecule has 2 nitrogen and oxygen atoms in total. The van der Waals surface area contributed by atoms with Gasteiger partial charge in [-0.25, -0.2) is 0 Å². The summed E-state index contributed by atoms with van der Waals surface area (Å²) in [6.45, 7) is 2.28. The van der Waals surface area contributed by atoms with Crippen LogP contribution >= 0.6 is 0 Å². The molecule has 1 aromatic rings. The molecule has 0 aromatic heterocycles. The molecule has 0 amide bonds. The highest BCUT2D eigenvalue weighted by atomic mass is 16.2. The van der Waals surface area contributed by atoms with Crippen molar-refractivity contribution in [2.24, 2.45) is 5.73 Å². The molecule has 1 aliphatic rings. The second kappa shape index (κ2) is 5.19. The molecule has 2 rings (SSSR count). The Morgan fingerprint density at radius 2 is 1.94 bits per heavy atom. The number of hydrogen-bond donors (Lipinski definition) is 2. The summed E-state index contributed by atoms with van der Waals surface area (Å²) in [6.07, 6.45) is 6.63. The van der Waals surface area contributed by atoms with Gasteiger partial charge in [-0.3, -0.25) is 0 Å². The zero-order valence-electron chi connectivity index (χ0n) is 10.7. The Bertz CT molecular complexity index is 385. The molecule has 1 aromatic carbocycles. The van der Waals surface area contributed by atoms with Crippen LogP contribution in [0.15, 0.2) is 18.2 Å². The van der Waals surface area contributed by atoms with Crippen LogP contribution < -0.4 is 5.73 Å². The van der Waals surface area contributed by atoms with E-state index in [9.17, 15) is 0 Å². The molecule has 0 saturated carbocycles. The third-order valence-corrected chi connectivity index (χ3v) is 3.86. The Hall–Kier alpha value is -0.860. The molecule has 0 spiro atoms. The minimum Gasteiger partial charge on any atom is -0.396 e. The van der Waals surface area contributed by atoms with Gasteiger partial charge in [0.25, 0.3) is 0 Å². The van der Waals surface area contributed by atoms with Crippen LogP contribution in [0, 0.1) is 0 Å². The molecule has 1 atom stereocenters. The number of rotatable bonds is 4. The van der Waals surface area contributed by atoms with E-state index in [1.807, 2.05) is 0 Å². The van der Waals surface area contributed by atoms with Gasteiger partial charge in [-0.1, -0.05) is 18.2 Å². The van der Waals surface area contributed by atoms with Crippen molar-refractivity contribution < 1.29 is 5.11 Å². The number of nitrogens with two attached hydrogens (primary N) is 1. The fourth-order valence-corrected chi connectivity index (χ4v) is 2.68. The lowest BCUT2D eigenvalue weighted by molar-refractivity contribution is 0.265. The van der Waals surface area contributed by atoms with E-state index >= 15 is 0 Å². The van der Waals surface area contributed by atoms with Crippen molar-refractivity contribution in [2.75, 3.05) is 6.61 Å². The molecule has 2 heteroatoms. The first-order chi connectivity index (χ1) is 8.13. The summed E-state index contributed by atoms with van der Waals surface area (Å²) < 4.78 is 0. The van der Waals surface area contributed by atoms with E-state index in [0.717, 1.165) is 12.8 Å². The molecule has 17 heavy (non-hydrogen) atoms. The van der Waals surface area contributed by atoms with E-state index in [2.05, 4.69) is 25.1 Å². The van der Waals surface area contributed by atoms with E-state index in [-0.39, 0.29) is 12.1 Å². The summed E-state index contributed by atoms with van der Waals surface area (Å²) in [5.41, 5.74) is 10.2. The van der Waals surface area contributed by atoms with Crippen LogP contribution in [0.3, 0.4) is 0 Å². The van der Waals surface area contributed by atoms with Gasteiger partial charge >= 0.3 is 0 Å². The molecule has 3 N–H and O–H groups in total. The van der Waals surface area contributed by atoms with Gasteiger partial charge in [0.1, 0.15) is 0 Å². The Labute approximate surface area is 104 Å². The van der Waals surface area contributed by atoms with Crippen molar-refractivity contribution in [1.82, 2.24) is 0 Å². The van der Waals surface area contributed by atoms with E-state index in [0.29, 0.717) is 0 Å². The summed E-state index contributed by atoms with van der Waals surface area (Å²) in [6, 6.07) is 6.70. The van der Waals surface area contributed by atoms with Crippen molar-refractivity contribution >= 4 is 0 Å². The zero-order valence-corrected chi connectivity index (χ0v) is 10.7. The van der Waals surface area contributed by atoms with E-state index in [1.54, 1.807) is 0 Å². The highest BCUT2D eigenvalue weighted by Gasteiger charge is 2.22. The fourth-order valence-electron chi connectivity index (χ4n) is 2.68. The number of benzene rings is 1. The van der Waals surface area contributed by atoms with E-state index in [4.69, 9.17) is 10.8 Å². The van der Waals surface area contributed by atoms with Crippen molar-refractivity contribution in [3.8, 4) is 0 Å². The molecule has 94 valence electrons. The first-order valence-corrected chi connectivity index (χ1v) is 6.65. The molecule has 0 radical (unpaired) electrons. The van der Waals surface area contributed by atoms with Crippen LogP contribution in [0.2, 0.25) is 0 Å². The summed E-state index contributed by atoms with van der Waals surface area (Å²) in [5.74, 6) is 0. The molecule has 0 bridgehead atoms. The van der Waals surface area contributed by atoms with Crippen molar-refractivity contribution in [3.63, 3.8) is 0 Å². The van der Waals surface area contributed by atoms with Gasteiger partial charge in [-0.05, 0) is 62.1 Å². The number of hydrogen-bond acceptors (Lipinski definition) is 2. The minimum atomic E-state index is -0.310. The lowest BCUT2D eigenvalue weighted by atomic mass is 9.83. The third-order valence-electron chi connectivity index (χ3n) is 3.86. The van der Waals surface area contributed by atoms with Crippen LogP contribution in [-0.2, 0) is 18.4 Å². The monoisotopic (exact) mass is 233 g/mol. The average molecular weight is 233 g/mol. The first-order valence-electron chi connectivity index (χ1n) is 6.65. The van der Waals surface area contributed by atoms with Gasteiger partial charge in [0.2, 0.25) is 0 Å². The lowest BCUT2D eigenvalue weighted by Gasteiger charge is -2.27. The van der Waals surface area contributed by atoms with Crippen molar-refractivity contribution in [3.05, 3.63) is 34.9 Å². The van der Waals surface area contributed by atoms with Gasteiger partial charge in [0.15, 0.2) is 0 Å². The largest absolute Gasteiger partial charge is 0.396 e. The minimum absolute atomic E-state index is 0.220. The van der Waals surface area contributed by atoms with Gasteiger partial charge in [0, 0.05) is 12.1 Å². The molecule has 0 saturated heterocycles. The predicted molar refractivity (Wildman–Crippen MR) is 70.9 cm³/mol. The van der Waals surface area contributed by atoms with Crippen LogP contribution in [0.25, 0.3) is 0 Å². The summed E-state index contributed by atoms with van der Waals surface area (Å²) in [4.78, 5) is 0. The third kappa shape index (κ3) is 2.88. The summed E-state index contributed by atoms with van der Waals surface area (Å²) >= 11 is 0. The Kier molecular flexibility index (Phi) is 3.85. The molecule has 0 aliphatic heterocycles. The number of fused-ring (bicyclic) bond motifs is 1. The SMILES string of the molecule is CC(N)(CCCO)c1ccc2c(c1)CCCC2. The Morgan fingerprint density at radius 1 is 1.24 bits per heavy atom. The van der Waals surface area contributed by atoms with Gasteiger partial charge < -0.3 is 10.8 Å². The lowest BCUT2D eigenvalue weighted by Crippen LogP contribution is -2.33. The Balaban J connectivity index is 2.20. The second-order valence-corrected chi connectivity index (χ2v) is 5.44. The smallest absolute Gasteiger partial charge is 0.0431 e. The maximum atomic E-state index is 8.91. The molecule has 1 unspecified atom stereocenters. The summed E-state index contributed by atoms with van der Waals surface area (Å²) in [5, 5.41) is 8.91. The highest BCUT2D eigenvalue weighted by molar-refractivity contribution is 5.36. The van der Waals surface area contributed by atoms with Crippen molar-refractivity contribution in [2.45, 2.75) is 51.0 Å². The molecule has 0 heterocycles. The first kappa shape index (κ1) is 12.6. The molecule has 1 aliphatic carbocycles. The topological polar surface area (TPSA) is 46.2 Å². The fraction of sp³-hybridized carbons (Fsp3) is 0.600. The quantitative estimate of drug-likeness (QED) is 0.839. The maximum absolute atomic E-state index is 8.91. The van der Waals surface area contributed by atoms with E-state index in [1.165, 1.54) is 42.4 Å². The average Bonchev–Trinajstić information content (AvgIpc) is 2.36. The van der Waals surface area contributed by atoms with Crippen LogP contribution in [0.5, 0.6) is 0 Å². The van der Waals surface area contributed by atoms with Crippen LogP contribution in [-0.4, -0.2) is 11.7 Å².